The smallest absolute Gasteiger partial charge is 0.259 e. The third kappa shape index (κ3) is 2.85. The van der Waals surface area contributed by atoms with E-state index in [1.807, 2.05) is 22.9 Å². The van der Waals surface area contributed by atoms with Crippen LogP contribution in [-0.4, -0.2) is 30.6 Å². The first kappa shape index (κ1) is 17.2. The number of nitrogens with two attached hydrogens (primary N) is 1. The second-order valence-electron chi connectivity index (χ2n) is 6.80. The number of hydrogen-bond acceptors (Lipinski definition) is 6. The fourth-order valence-electron chi connectivity index (χ4n) is 3.09. The molecule has 0 saturated heterocycles. The van der Waals surface area contributed by atoms with Crippen molar-refractivity contribution in [3.05, 3.63) is 52.2 Å². The van der Waals surface area contributed by atoms with E-state index in [0.29, 0.717) is 22.4 Å². The van der Waals surface area contributed by atoms with Crippen LogP contribution in [0.25, 0.3) is 11.0 Å². The lowest BCUT2D eigenvalue weighted by molar-refractivity contribution is 0.102. The van der Waals surface area contributed by atoms with Crippen molar-refractivity contribution >= 4 is 39.9 Å². The molecule has 0 fully saturated rings. The van der Waals surface area contributed by atoms with Crippen LogP contribution in [0.2, 0.25) is 0 Å². The van der Waals surface area contributed by atoms with E-state index in [4.69, 9.17) is 5.73 Å². The first-order valence-corrected chi connectivity index (χ1v) is 9.25. The van der Waals surface area contributed by atoms with Crippen LogP contribution in [-0.2, 0) is 5.54 Å². The number of carbonyl (C=O) groups is 1. The molecule has 0 aromatic carbocycles. The first-order chi connectivity index (χ1) is 12.9. The molecular weight excluding hydrogens is 362 g/mol. The van der Waals surface area contributed by atoms with E-state index in [1.165, 1.54) is 6.33 Å². The van der Waals surface area contributed by atoms with Crippen molar-refractivity contribution in [2.24, 2.45) is 0 Å². The Bertz CT molecular complexity index is 1120. The Morgan fingerprint density at radius 3 is 2.85 bits per heavy atom. The molecule has 4 aromatic rings. The molecule has 0 radical (unpaired) electrons. The Labute approximate surface area is 159 Å². The zero-order valence-electron chi connectivity index (χ0n) is 15.1. The third-order valence-corrected chi connectivity index (χ3v) is 5.71. The summed E-state index contributed by atoms with van der Waals surface area (Å²) in [6.45, 7) is 6.02. The second kappa shape index (κ2) is 6.20. The van der Waals surface area contributed by atoms with Crippen LogP contribution in [0.3, 0.4) is 0 Å². The average molecular weight is 381 g/mol. The molecule has 9 heteroatoms. The molecule has 0 bridgehead atoms. The summed E-state index contributed by atoms with van der Waals surface area (Å²) in [5.74, 6) is 0.407. The SMILES string of the molecule is Cc1cc(NC(=O)c2cn(C(C)(C)c3cccs3)c3ncnc(N)c23)n[nH]1. The minimum atomic E-state index is -0.408. The molecule has 0 atom stereocenters. The Hall–Kier alpha value is -3.20. The second-order valence-corrected chi connectivity index (χ2v) is 7.74. The summed E-state index contributed by atoms with van der Waals surface area (Å²) in [5.41, 5.74) is 7.58. The Morgan fingerprint density at radius 1 is 1.37 bits per heavy atom. The molecule has 0 unspecified atom stereocenters. The van der Waals surface area contributed by atoms with Crippen LogP contribution in [0.5, 0.6) is 0 Å². The van der Waals surface area contributed by atoms with Crippen molar-refractivity contribution < 1.29 is 4.79 Å². The van der Waals surface area contributed by atoms with Crippen molar-refractivity contribution in [3.63, 3.8) is 0 Å². The predicted molar refractivity (Wildman–Crippen MR) is 106 cm³/mol. The number of amides is 1. The molecule has 4 heterocycles. The number of aryl methyl sites for hydroxylation is 1. The average Bonchev–Trinajstić information content (AvgIpc) is 3.34. The number of H-pyrrole nitrogens is 1. The van der Waals surface area contributed by atoms with Gasteiger partial charge in [0.15, 0.2) is 5.82 Å². The van der Waals surface area contributed by atoms with Crippen LogP contribution in [0.15, 0.2) is 36.1 Å². The number of anilines is 2. The van der Waals surface area contributed by atoms with Gasteiger partial charge in [-0.15, -0.1) is 11.3 Å². The molecule has 0 aliphatic heterocycles. The molecule has 0 spiro atoms. The lowest BCUT2D eigenvalue weighted by Crippen LogP contribution is -2.26. The standard InChI is InChI=1S/C18H19N7OS/c1-10-7-13(24-23-10)22-17(26)11-8-25(16-14(11)15(19)20-9-21-16)18(2,3)12-5-4-6-27-12/h4-9H,1-3H3,(H2,19,20,21)(H2,22,23,24,26). The van der Waals surface area contributed by atoms with Crippen molar-refractivity contribution in [1.29, 1.82) is 0 Å². The highest BCUT2D eigenvalue weighted by atomic mass is 32.1. The fourth-order valence-corrected chi connectivity index (χ4v) is 3.94. The van der Waals surface area contributed by atoms with E-state index in [0.717, 1.165) is 10.6 Å². The van der Waals surface area contributed by atoms with Crippen LogP contribution < -0.4 is 11.1 Å². The van der Waals surface area contributed by atoms with Gasteiger partial charge < -0.3 is 15.6 Å². The molecule has 138 valence electrons. The Balaban J connectivity index is 1.85. The molecule has 0 saturated carbocycles. The number of aromatic nitrogens is 5. The van der Waals surface area contributed by atoms with Crippen LogP contribution >= 0.6 is 11.3 Å². The maximum Gasteiger partial charge on any atom is 0.259 e. The zero-order valence-corrected chi connectivity index (χ0v) is 16.0. The summed E-state index contributed by atoms with van der Waals surface area (Å²) >= 11 is 1.65. The largest absolute Gasteiger partial charge is 0.383 e. The highest BCUT2D eigenvalue weighted by molar-refractivity contribution is 7.10. The number of hydrogen-bond donors (Lipinski definition) is 3. The molecule has 4 N–H and O–H groups in total. The molecule has 27 heavy (non-hydrogen) atoms. The number of nitrogens with zero attached hydrogens (tertiary/aromatic N) is 4. The van der Waals surface area contributed by atoms with Gasteiger partial charge in [0, 0.05) is 22.8 Å². The van der Waals surface area contributed by atoms with Crippen molar-refractivity contribution in [1.82, 2.24) is 24.7 Å². The maximum absolute atomic E-state index is 12.9. The molecule has 8 nitrogen and oxygen atoms in total. The van der Waals surface area contributed by atoms with Gasteiger partial charge in [0.2, 0.25) is 0 Å². The van der Waals surface area contributed by atoms with E-state index in [1.54, 1.807) is 23.6 Å². The number of fused-ring (bicyclic) bond motifs is 1. The monoisotopic (exact) mass is 381 g/mol. The van der Waals surface area contributed by atoms with Gasteiger partial charge in [-0.3, -0.25) is 9.89 Å². The molecule has 1 amide bonds. The number of aromatic amines is 1. The van der Waals surface area contributed by atoms with E-state index < -0.39 is 5.54 Å². The predicted octanol–water partition coefficient (Wildman–Crippen LogP) is 3.14. The number of thiophene rings is 1. The third-order valence-electron chi connectivity index (χ3n) is 4.53. The summed E-state index contributed by atoms with van der Waals surface area (Å²) in [6, 6.07) is 5.82. The van der Waals surface area contributed by atoms with E-state index in [-0.39, 0.29) is 11.7 Å². The van der Waals surface area contributed by atoms with Gasteiger partial charge in [-0.05, 0) is 32.2 Å². The quantitative estimate of drug-likeness (QED) is 0.502. The minimum Gasteiger partial charge on any atom is -0.383 e. The van der Waals surface area contributed by atoms with Gasteiger partial charge in [-0.2, -0.15) is 5.10 Å². The normalized spacial score (nSPS) is 11.8. The molecular formula is C18H19N7OS. The van der Waals surface area contributed by atoms with Crippen LogP contribution in [0.1, 0.15) is 34.8 Å². The molecule has 4 rings (SSSR count). The van der Waals surface area contributed by atoms with E-state index >= 15 is 0 Å². The topological polar surface area (TPSA) is 115 Å². The summed E-state index contributed by atoms with van der Waals surface area (Å²) in [4.78, 5) is 22.6. The summed E-state index contributed by atoms with van der Waals surface area (Å²) < 4.78 is 1.97. The number of nitrogens with one attached hydrogen (secondary N) is 2. The number of rotatable bonds is 4. The van der Waals surface area contributed by atoms with Gasteiger partial charge in [0.25, 0.3) is 5.91 Å². The van der Waals surface area contributed by atoms with Gasteiger partial charge in [-0.1, -0.05) is 6.07 Å². The molecule has 0 aliphatic rings. The lowest BCUT2D eigenvalue weighted by Gasteiger charge is -2.26. The van der Waals surface area contributed by atoms with Crippen molar-refractivity contribution in [2.75, 3.05) is 11.1 Å². The van der Waals surface area contributed by atoms with Crippen LogP contribution in [0, 0.1) is 6.92 Å². The van der Waals surface area contributed by atoms with Crippen molar-refractivity contribution in [2.45, 2.75) is 26.3 Å². The van der Waals surface area contributed by atoms with Gasteiger partial charge >= 0.3 is 0 Å². The fraction of sp³-hybridized carbons (Fsp3) is 0.222. The van der Waals surface area contributed by atoms with E-state index in [2.05, 4.69) is 45.4 Å². The Morgan fingerprint density at radius 2 is 2.19 bits per heavy atom. The highest BCUT2D eigenvalue weighted by Gasteiger charge is 2.29. The summed E-state index contributed by atoms with van der Waals surface area (Å²) in [6.07, 6.45) is 3.20. The highest BCUT2D eigenvalue weighted by Crippen LogP contribution is 2.35. The number of carbonyl (C=O) groups excluding carboxylic acids is 1. The van der Waals surface area contributed by atoms with E-state index in [9.17, 15) is 4.79 Å². The summed E-state index contributed by atoms with van der Waals surface area (Å²) in [5, 5.41) is 12.2. The maximum atomic E-state index is 12.9. The van der Waals surface area contributed by atoms with Crippen molar-refractivity contribution in [3.8, 4) is 0 Å². The van der Waals surface area contributed by atoms with Gasteiger partial charge in [0.1, 0.15) is 17.8 Å². The van der Waals surface area contributed by atoms with Crippen LogP contribution in [0.4, 0.5) is 11.6 Å². The summed E-state index contributed by atoms with van der Waals surface area (Å²) in [7, 11) is 0. The minimum absolute atomic E-state index is 0.268. The lowest BCUT2D eigenvalue weighted by atomic mass is 10.0. The molecule has 0 aliphatic carbocycles. The number of nitrogen functional groups attached to an aromatic ring is 1. The van der Waals surface area contributed by atoms with Gasteiger partial charge in [-0.25, -0.2) is 9.97 Å². The Kier molecular flexibility index (Phi) is 3.96. The molecule has 4 aromatic heterocycles. The first-order valence-electron chi connectivity index (χ1n) is 8.37. The zero-order chi connectivity index (χ0) is 19.2. The van der Waals surface area contributed by atoms with Gasteiger partial charge in [0.05, 0.1) is 16.5 Å².